The first kappa shape index (κ1) is 20.8. The zero-order valence-electron chi connectivity index (χ0n) is 16.1. The predicted octanol–water partition coefficient (Wildman–Crippen LogP) is 3.71. The number of carbonyl (C=O) groups is 1. The maximum Gasteiger partial charge on any atom is 0.434 e. The third kappa shape index (κ3) is 4.56. The maximum absolute atomic E-state index is 12.6. The molecule has 2 bridgehead atoms. The van der Waals surface area contributed by atoms with Crippen molar-refractivity contribution in [3.05, 3.63) is 18.1 Å². The standard InChI is InChI=1S/C19H26F3N3O3/c1-3-4-5-6-12(2)17(26)28-18-8-13(9-25-18)7-15(18)27-16-11-23-14(10-24-16)19(20,21)22/h10-13,15,25H,3-9H2,1-2H3/t12?,13-,15-,18+/m1/s1. The summed E-state index contributed by atoms with van der Waals surface area (Å²) < 4.78 is 49.5. The van der Waals surface area contributed by atoms with E-state index in [1.807, 2.05) is 6.92 Å². The molecule has 2 aliphatic rings. The van der Waals surface area contributed by atoms with Crippen LogP contribution in [-0.4, -0.2) is 34.3 Å². The Kier molecular flexibility index (Phi) is 6.12. The first-order chi connectivity index (χ1) is 13.2. The van der Waals surface area contributed by atoms with Crippen LogP contribution in [0, 0.1) is 11.8 Å². The summed E-state index contributed by atoms with van der Waals surface area (Å²) >= 11 is 0. The molecule has 2 heterocycles. The number of aromatic nitrogens is 2. The largest absolute Gasteiger partial charge is 0.467 e. The topological polar surface area (TPSA) is 73.3 Å². The van der Waals surface area contributed by atoms with E-state index in [0.717, 1.165) is 38.4 Å². The average Bonchev–Trinajstić information content (AvgIpc) is 3.19. The fourth-order valence-electron chi connectivity index (χ4n) is 3.85. The lowest BCUT2D eigenvalue weighted by atomic mass is 10.0. The van der Waals surface area contributed by atoms with Crippen LogP contribution in [-0.2, 0) is 15.7 Å². The number of nitrogens with one attached hydrogen (secondary N) is 1. The molecular weight excluding hydrogens is 375 g/mol. The van der Waals surface area contributed by atoms with Crippen LogP contribution in [0.2, 0.25) is 0 Å². The molecular formula is C19H26F3N3O3. The molecule has 1 aliphatic heterocycles. The van der Waals surface area contributed by atoms with Gasteiger partial charge in [-0.2, -0.15) is 13.2 Å². The Morgan fingerprint density at radius 2 is 2.14 bits per heavy atom. The number of fused-ring (bicyclic) bond motifs is 2. The molecule has 0 radical (unpaired) electrons. The van der Waals surface area contributed by atoms with Gasteiger partial charge in [0.25, 0.3) is 0 Å². The summed E-state index contributed by atoms with van der Waals surface area (Å²) in [4.78, 5) is 19.6. The van der Waals surface area contributed by atoms with Gasteiger partial charge in [-0.25, -0.2) is 9.97 Å². The third-order valence-corrected chi connectivity index (χ3v) is 5.46. The molecule has 0 aromatic carbocycles. The molecule has 1 aromatic rings. The monoisotopic (exact) mass is 401 g/mol. The summed E-state index contributed by atoms with van der Waals surface area (Å²) in [6.45, 7) is 4.68. The molecule has 2 fully saturated rings. The van der Waals surface area contributed by atoms with Crippen molar-refractivity contribution in [1.82, 2.24) is 15.3 Å². The van der Waals surface area contributed by atoms with Crippen molar-refractivity contribution in [2.24, 2.45) is 11.8 Å². The zero-order chi connectivity index (χ0) is 20.4. The van der Waals surface area contributed by atoms with Crippen LogP contribution >= 0.6 is 0 Å². The van der Waals surface area contributed by atoms with E-state index in [-0.39, 0.29) is 23.7 Å². The second kappa shape index (κ2) is 8.23. The van der Waals surface area contributed by atoms with Gasteiger partial charge in [0.15, 0.2) is 11.8 Å². The first-order valence-corrected chi connectivity index (χ1v) is 9.77. The molecule has 1 N–H and O–H groups in total. The van der Waals surface area contributed by atoms with Crippen molar-refractivity contribution >= 4 is 5.97 Å². The van der Waals surface area contributed by atoms with Gasteiger partial charge < -0.3 is 9.47 Å². The zero-order valence-corrected chi connectivity index (χ0v) is 16.1. The van der Waals surface area contributed by atoms with Gasteiger partial charge in [0.05, 0.1) is 18.3 Å². The molecule has 1 unspecified atom stereocenters. The van der Waals surface area contributed by atoms with Crippen LogP contribution in [0.3, 0.4) is 0 Å². The SMILES string of the molecule is CCCCCC(C)C(=O)O[C@]12C[C@H](CN1)C[C@H]2Oc1cnc(C(F)(F)F)cn1. The van der Waals surface area contributed by atoms with Crippen LogP contribution in [0.25, 0.3) is 0 Å². The summed E-state index contributed by atoms with van der Waals surface area (Å²) in [7, 11) is 0. The quantitative estimate of drug-likeness (QED) is 0.529. The number of rotatable bonds is 8. The number of halogens is 3. The molecule has 1 saturated carbocycles. The van der Waals surface area contributed by atoms with Crippen molar-refractivity contribution in [3.63, 3.8) is 0 Å². The second-order valence-electron chi connectivity index (χ2n) is 7.74. The van der Waals surface area contributed by atoms with Crippen molar-refractivity contribution in [2.75, 3.05) is 6.54 Å². The molecule has 28 heavy (non-hydrogen) atoms. The minimum Gasteiger partial charge on any atom is -0.467 e. The van der Waals surface area contributed by atoms with E-state index in [2.05, 4.69) is 22.2 Å². The summed E-state index contributed by atoms with van der Waals surface area (Å²) in [6, 6.07) is 0. The van der Waals surface area contributed by atoms with E-state index in [9.17, 15) is 18.0 Å². The number of alkyl halides is 3. The molecule has 6 nitrogen and oxygen atoms in total. The molecule has 1 saturated heterocycles. The Morgan fingerprint density at radius 3 is 2.75 bits per heavy atom. The molecule has 1 aliphatic carbocycles. The molecule has 4 atom stereocenters. The Bertz CT molecular complexity index is 683. The van der Waals surface area contributed by atoms with Crippen LogP contribution in [0.4, 0.5) is 13.2 Å². The number of hydrogen-bond acceptors (Lipinski definition) is 6. The van der Waals surface area contributed by atoms with Crippen molar-refractivity contribution in [1.29, 1.82) is 0 Å². The molecule has 1 aromatic heterocycles. The van der Waals surface area contributed by atoms with Crippen LogP contribution in [0.5, 0.6) is 5.88 Å². The summed E-state index contributed by atoms with van der Waals surface area (Å²) in [5.41, 5.74) is -2.03. The Labute approximate surface area is 162 Å². The minimum atomic E-state index is -4.55. The van der Waals surface area contributed by atoms with Gasteiger partial charge in [-0.3, -0.25) is 10.1 Å². The van der Waals surface area contributed by atoms with E-state index in [0.29, 0.717) is 19.0 Å². The number of unbranched alkanes of at least 4 members (excludes halogenated alkanes) is 2. The smallest absolute Gasteiger partial charge is 0.434 e. The highest BCUT2D eigenvalue weighted by molar-refractivity contribution is 5.72. The number of nitrogens with zero attached hydrogens (tertiary/aromatic N) is 2. The third-order valence-electron chi connectivity index (χ3n) is 5.46. The highest BCUT2D eigenvalue weighted by atomic mass is 19.4. The molecule has 156 valence electrons. The van der Waals surface area contributed by atoms with E-state index < -0.39 is 23.7 Å². The fourth-order valence-corrected chi connectivity index (χ4v) is 3.85. The van der Waals surface area contributed by atoms with Gasteiger partial charge in [0, 0.05) is 13.0 Å². The lowest BCUT2D eigenvalue weighted by Crippen LogP contribution is -2.56. The van der Waals surface area contributed by atoms with Crippen LogP contribution in [0.15, 0.2) is 12.4 Å². The highest BCUT2D eigenvalue weighted by Gasteiger charge is 2.57. The van der Waals surface area contributed by atoms with Gasteiger partial charge in [-0.05, 0) is 18.8 Å². The summed E-state index contributed by atoms with van der Waals surface area (Å²) in [6.07, 6.45) is 1.70. The summed E-state index contributed by atoms with van der Waals surface area (Å²) in [5.74, 6) is -0.221. The van der Waals surface area contributed by atoms with Gasteiger partial charge in [0.2, 0.25) is 11.6 Å². The molecule has 0 amide bonds. The molecule has 0 spiro atoms. The number of piperidine rings is 1. The first-order valence-electron chi connectivity index (χ1n) is 9.77. The van der Waals surface area contributed by atoms with Crippen molar-refractivity contribution in [2.45, 2.75) is 70.4 Å². The van der Waals surface area contributed by atoms with Crippen LogP contribution < -0.4 is 10.1 Å². The molecule has 9 heteroatoms. The lowest BCUT2D eigenvalue weighted by Gasteiger charge is -2.35. The number of carbonyl (C=O) groups excluding carboxylic acids is 1. The predicted molar refractivity (Wildman–Crippen MR) is 94.3 cm³/mol. The van der Waals surface area contributed by atoms with Crippen molar-refractivity contribution in [3.8, 4) is 5.88 Å². The maximum atomic E-state index is 12.6. The van der Waals surface area contributed by atoms with E-state index in [1.54, 1.807) is 0 Å². The lowest BCUT2D eigenvalue weighted by molar-refractivity contribution is -0.176. The Hall–Kier alpha value is -1.90. The minimum absolute atomic E-state index is 0.0150. The van der Waals surface area contributed by atoms with Crippen molar-refractivity contribution < 1.29 is 27.4 Å². The number of esters is 1. The Balaban J connectivity index is 1.64. The van der Waals surface area contributed by atoms with Gasteiger partial charge in [0.1, 0.15) is 0 Å². The van der Waals surface area contributed by atoms with Gasteiger partial charge >= 0.3 is 12.1 Å². The fraction of sp³-hybridized carbons (Fsp3) is 0.737. The molecule has 3 rings (SSSR count). The van der Waals surface area contributed by atoms with Gasteiger partial charge in [-0.15, -0.1) is 0 Å². The second-order valence-corrected chi connectivity index (χ2v) is 7.74. The van der Waals surface area contributed by atoms with E-state index in [1.165, 1.54) is 0 Å². The van der Waals surface area contributed by atoms with Gasteiger partial charge in [-0.1, -0.05) is 33.1 Å². The highest BCUT2D eigenvalue weighted by Crippen LogP contribution is 2.43. The summed E-state index contributed by atoms with van der Waals surface area (Å²) in [5, 5.41) is 3.23. The normalized spacial score (nSPS) is 27.6. The number of hydrogen-bond donors (Lipinski definition) is 1. The van der Waals surface area contributed by atoms with E-state index >= 15 is 0 Å². The number of ether oxygens (including phenoxy) is 2. The Morgan fingerprint density at radius 1 is 1.36 bits per heavy atom. The average molecular weight is 401 g/mol. The van der Waals surface area contributed by atoms with Crippen LogP contribution in [0.1, 0.15) is 58.1 Å². The van der Waals surface area contributed by atoms with E-state index in [4.69, 9.17) is 9.47 Å².